The van der Waals surface area contributed by atoms with Crippen molar-refractivity contribution < 1.29 is 21.6 Å². The van der Waals surface area contributed by atoms with E-state index in [4.69, 9.17) is 5.73 Å². The van der Waals surface area contributed by atoms with Crippen LogP contribution in [-0.4, -0.2) is 32.4 Å². The van der Waals surface area contributed by atoms with E-state index < -0.39 is 32.4 Å². The molecular weight excluding hydrogens is 293 g/mol. The Morgan fingerprint density at radius 3 is 2.40 bits per heavy atom. The number of hydrogen-bond donors (Lipinski definition) is 1. The average molecular weight is 308 g/mol. The third kappa shape index (κ3) is 2.55. The summed E-state index contributed by atoms with van der Waals surface area (Å²) in [7, 11) is -4.19. The highest BCUT2D eigenvalue weighted by atomic mass is 32.2. The van der Waals surface area contributed by atoms with Crippen molar-refractivity contribution in [2.45, 2.75) is 18.2 Å². The Kier molecular flexibility index (Phi) is 3.83. The Bertz CT molecular complexity index is 636. The highest BCUT2D eigenvalue weighted by Crippen LogP contribution is 2.33. The zero-order chi connectivity index (χ0) is 15.1. The molecule has 1 fully saturated rings. The smallest absolute Gasteiger partial charge is 0.246 e. The SMILES string of the molecule is CC1(CN)CCN(S(=O)(=O)c2cc(F)c(F)cc2F)C1. The topological polar surface area (TPSA) is 63.4 Å². The van der Waals surface area contributed by atoms with Crippen LogP contribution in [0.2, 0.25) is 0 Å². The van der Waals surface area contributed by atoms with Crippen molar-refractivity contribution in [3.8, 4) is 0 Å². The first kappa shape index (κ1) is 15.3. The van der Waals surface area contributed by atoms with Gasteiger partial charge in [0.05, 0.1) is 0 Å². The van der Waals surface area contributed by atoms with Crippen LogP contribution < -0.4 is 5.73 Å². The van der Waals surface area contributed by atoms with Gasteiger partial charge >= 0.3 is 0 Å². The molecule has 1 aliphatic rings. The number of nitrogens with zero attached hydrogens (tertiary/aromatic N) is 1. The fourth-order valence-corrected chi connectivity index (χ4v) is 3.84. The number of nitrogens with two attached hydrogens (primary N) is 1. The molecule has 0 aromatic heterocycles. The maximum Gasteiger partial charge on any atom is 0.246 e. The van der Waals surface area contributed by atoms with E-state index in [9.17, 15) is 21.6 Å². The van der Waals surface area contributed by atoms with Gasteiger partial charge in [0, 0.05) is 19.2 Å². The molecule has 0 aliphatic carbocycles. The van der Waals surface area contributed by atoms with E-state index in [0.717, 1.165) is 4.31 Å². The van der Waals surface area contributed by atoms with Crippen molar-refractivity contribution in [3.63, 3.8) is 0 Å². The highest BCUT2D eigenvalue weighted by Gasteiger charge is 2.40. The molecule has 0 radical (unpaired) electrons. The average Bonchev–Trinajstić information content (AvgIpc) is 2.78. The quantitative estimate of drug-likeness (QED) is 0.860. The molecule has 8 heteroatoms. The minimum atomic E-state index is -4.19. The lowest BCUT2D eigenvalue weighted by Gasteiger charge is -2.22. The van der Waals surface area contributed by atoms with E-state index in [1.54, 1.807) is 0 Å². The maximum atomic E-state index is 13.6. The Hall–Kier alpha value is -1.12. The third-order valence-corrected chi connectivity index (χ3v) is 5.47. The molecule has 1 saturated heterocycles. The molecule has 2 N–H and O–H groups in total. The lowest BCUT2D eigenvalue weighted by Crippen LogP contribution is -2.35. The minimum Gasteiger partial charge on any atom is -0.330 e. The predicted molar refractivity (Wildman–Crippen MR) is 66.9 cm³/mol. The molecular formula is C12H15F3N2O2S. The fourth-order valence-electron chi connectivity index (χ4n) is 2.19. The van der Waals surface area contributed by atoms with Crippen molar-refractivity contribution in [1.82, 2.24) is 4.31 Å². The van der Waals surface area contributed by atoms with E-state index in [1.165, 1.54) is 0 Å². The summed E-state index contributed by atoms with van der Waals surface area (Å²) in [5.41, 5.74) is 5.19. The predicted octanol–water partition coefficient (Wildman–Crippen LogP) is 1.46. The summed E-state index contributed by atoms with van der Waals surface area (Å²) in [5, 5.41) is 0. The van der Waals surface area contributed by atoms with Gasteiger partial charge in [-0.3, -0.25) is 0 Å². The van der Waals surface area contributed by atoms with E-state index in [2.05, 4.69) is 0 Å². The van der Waals surface area contributed by atoms with Gasteiger partial charge in [0.15, 0.2) is 11.6 Å². The molecule has 1 heterocycles. The van der Waals surface area contributed by atoms with E-state index in [-0.39, 0.29) is 24.6 Å². The molecule has 2 rings (SSSR count). The zero-order valence-corrected chi connectivity index (χ0v) is 11.7. The molecule has 0 amide bonds. The summed E-state index contributed by atoms with van der Waals surface area (Å²) in [6.07, 6.45) is 0.536. The molecule has 20 heavy (non-hydrogen) atoms. The van der Waals surface area contributed by atoms with Gasteiger partial charge < -0.3 is 5.73 Å². The minimum absolute atomic E-state index is 0.129. The summed E-state index contributed by atoms with van der Waals surface area (Å²) in [6, 6.07) is 0.610. The van der Waals surface area contributed by atoms with Gasteiger partial charge in [0.2, 0.25) is 10.0 Å². The summed E-state index contributed by atoms with van der Waals surface area (Å²) in [5.74, 6) is -4.12. The first-order valence-corrected chi connectivity index (χ1v) is 7.48. The van der Waals surface area contributed by atoms with Gasteiger partial charge in [-0.05, 0) is 24.4 Å². The fraction of sp³-hybridized carbons (Fsp3) is 0.500. The lowest BCUT2D eigenvalue weighted by atomic mass is 9.90. The molecule has 1 aliphatic heterocycles. The summed E-state index contributed by atoms with van der Waals surface area (Å²) < 4.78 is 65.2. The third-order valence-electron chi connectivity index (χ3n) is 3.61. The van der Waals surface area contributed by atoms with Crippen molar-refractivity contribution in [3.05, 3.63) is 29.6 Å². The van der Waals surface area contributed by atoms with Gasteiger partial charge in [-0.1, -0.05) is 6.92 Å². The molecule has 0 bridgehead atoms. The second-order valence-corrected chi connectivity index (χ2v) is 7.21. The van der Waals surface area contributed by atoms with E-state index in [0.29, 0.717) is 19.0 Å². The van der Waals surface area contributed by atoms with Crippen molar-refractivity contribution >= 4 is 10.0 Å². The van der Waals surface area contributed by atoms with Crippen LogP contribution in [0, 0.1) is 22.9 Å². The van der Waals surface area contributed by atoms with Crippen LogP contribution in [0.25, 0.3) is 0 Å². The van der Waals surface area contributed by atoms with Crippen LogP contribution in [0.1, 0.15) is 13.3 Å². The van der Waals surface area contributed by atoms with Crippen molar-refractivity contribution in [2.75, 3.05) is 19.6 Å². The van der Waals surface area contributed by atoms with Gasteiger partial charge in [0.25, 0.3) is 0 Å². The molecule has 1 aromatic carbocycles. The molecule has 4 nitrogen and oxygen atoms in total. The first-order valence-electron chi connectivity index (χ1n) is 6.04. The molecule has 0 saturated carbocycles. The van der Waals surface area contributed by atoms with E-state index in [1.807, 2.05) is 6.92 Å². The highest BCUT2D eigenvalue weighted by molar-refractivity contribution is 7.89. The molecule has 1 atom stereocenters. The summed E-state index contributed by atoms with van der Waals surface area (Å²) >= 11 is 0. The van der Waals surface area contributed by atoms with Crippen LogP contribution in [0.3, 0.4) is 0 Å². The number of halogens is 3. The standard InChI is InChI=1S/C12H15F3N2O2S/c1-12(6-16)2-3-17(7-12)20(18,19)11-5-9(14)8(13)4-10(11)15/h4-5H,2-3,6-7,16H2,1H3. The van der Waals surface area contributed by atoms with Crippen LogP contribution in [-0.2, 0) is 10.0 Å². The second kappa shape index (κ2) is 5.01. The monoisotopic (exact) mass is 308 g/mol. The Morgan fingerprint density at radius 1 is 1.25 bits per heavy atom. The first-order chi connectivity index (χ1) is 9.19. The second-order valence-electron chi connectivity index (χ2n) is 5.30. The number of hydrogen-bond acceptors (Lipinski definition) is 3. The zero-order valence-electron chi connectivity index (χ0n) is 10.9. The normalized spacial score (nSPS) is 24.2. The number of rotatable bonds is 3. The van der Waals surface area contributed by atoms with Crippen LogP contribution >= 0.6 is 0 Å². The Morgan fingerprint density at radius 2 is 1.85 bits per heavy atom. The number of sulfonamides is 1. The van der Waals surface area contributed by atoms with Gasteiger partial charge in [-0.25, -0.2) is 21.6 Å². The Balaban J connectivity index is 2.40. The van der Waals surface area contributed by atoms with Crippen LogP contribution in [0.15, 0.2) is 17.0 Å². The molecule has 1 unspecified atom stereocenters. The van der Waals surface area contributed by atoms with Crippen LogP contribution in [0.5, 0.6) is 0 Å². The van der Waals surface area contributed by atoms with Crippen LogP contribution in [0.4, 0.5) is 13.2 Å². The van der Waals surface area contributed by atoms with Crippen molar-refractivity contribution in [2.24, 2.45) is 11.1 Å². The molecule has 112 valence electrons. The lowest BCUT2D eigenvalue weighted by molar-refractivity contribution is 0.349. The van der Waals surface area contributed by atoms with Gasteiger partial charge in [-0.15, -0.1) is 0 Å². The molecule has 0 spiro atoms. The summed E-state index contributed by atoms with van der Waals surface area (Å²) in [6.45, 7) is 2.42. The summed E-state index contributed by atoms with van der Waals surface area (Å²) in [4.78, 5) is -0.849. The number of benzene rings is 1. The Labute approximate surface area is 115 Å². The van der Waals surface area contributed by atoms with Gasteiger partial charge in [-0.2, -0.15) is 4.31 Å². The largest absolute Gasteiger partial charge is 0.330 e. The van der Waals surface area contributed by atoms with E-state index >= 15 is 0 Å². The maximum absolute atomic E-state index is 13.6. The molecule has 1 aromatic rings. The van der Waals surface area contributed by atoms with Gasteiger partial charge in [0.1, 0.15) is 10.7 Å². The van der Waals surface area contributed by atoms with Crippen molar-refractivity contribution in [1.29, 1.82) is 0 Å².